The highest BCUT2D eigenvalue weighted by Crippen LogP contribution is 2.18. The number of rotatable bonds is 12. The van der Waals surface area contributed by atoms with E-state index < -0.39 is 12.1 Å². The van der Waals surface area contributed by atoms with Gasteiger partial charge in [-0.15, -0.1) is 0 Å². The molecule has 0 aromatic heterocycles. The number of aliphatic hydroxyl groups excluding tert-OH is 1. The molecular weight excluding hydrogens is 280 g/mol. The Morgan fingerprint density at radius 2 is 1.55 bits per heavy atom. The fourth-order valence-corrected chi connectivity index (χ4v) is 2.31. The first-order chi connectivity index (χ1) is 10.6. The molecule has 0 amide bonds. The molecule has 2 N–H and O–H groups in total. The van der Waals surface area contributed by atoms with Gasteiger partial charge >= 0.3 is 5.97 Å². The molecule has 0 bridgehead atoms. The second-order valence-corrected chi connectivity index (χ2v) is 5.63. The average molecular weight is 308 g/mol. The molecular formula is C18H28O4. The monoisotopic (exact) mass is 308 g/mol. The number of aliphatic carboxylic acids is 1. The third kappa shape index (κ3) is 7.46. The second kappa shape index (κ2) is 11.1. The van der Waals surface area contributed by atoms with E-state index in [1.54, 1.807) is 24.3 Å². The zero-order valence-corrected chi connectivity index (χ0v) is 13.5. The van der Waals surface area contributed by atoms with Gasteiger partial charge in [-0.3, -0.25) is 0 Å². The van der Waals surface area contributed by atoms with Gasteiger partial charge in [0, 0.05) is 0 Å². The Kier molecular flexibility index (Phi) is 9.31. The number of carboxylic acid groups (broad SMARTS) is 1. The van der Waals surface area contributed by atoms with Gasteiger partial charge in [-0.1, -0.05) is 64.0 Å². The van der Waals surface area contributed by atoms with Gasteiger partial charge in [0.15, 0.2) is 6.10 Å². The standard InChI is InChI=1S/C18H28O4/c1-2-3-4-5-6-7-8-9-14-22-16-12-10-15(11-13-16)17(19)18(20)21/h10-13,17,19H,2-9,14H2,1H3,(H,20,21)/t17-/m0/s1. The summed E-state index contributed by atoms with van der Waals surface area (Å²) in [5.74, 6) is -0.531. The van der Waals surface area contributed by atoms with Crippen LogP contribution >= 0.6 is 0 Å². The zero-order chi connectivity index (χ0) is 16.2. The maximum atomic E-state index is 10.7. The van der Waals surface area contributed by atoms with Crippen molar-refractivity contribution in [1.29, 1.82) is 0 Å². The SMILES string of the molecule is CCCCCCCCCCOc1ccc([C@H](O)C(=O)O)cc1. The molecule has 1 aromatic rings. The maximum absolute atomic E-state index is 10.7. The van der Waals surface area contributed by atoms with E-state index in [1.165, 1.54) is 44.9 Å². The summed E-state index contributed by atoms with van der Waals surface area (Å²) in [5.41, 5.74) is 0.368. The molecule has 1 aromatic carbocycles. The van der Waals surface area contributed by atoms with Crippen LogP contribution in [-0.4, -0.2) is 22.8 Å². The number of benzene rings is 1. The molecule has 0 aliphatic rings. The van der Waals surface area contributed by atoms with Gasteiger partial charge < -0.3 is 14.9 Å². The predicted octanol–water partition coefficient (Wildman–Crippen LogP) is 4.32. The van der Waals surface area contributed by atoms with Crippen molar-refractivity contribution in [2.75, 3.05) is 6.61 Å². The molecule has 0 fully saturated rings. The van der Waals surface area contributed by atoms with Gasteiger partial charge in [0.25, 0.3) is 0 Å². The quantitative estimate of drug-likeness (QED) is 0.564. The first kappa shape index (κ1) is 18.5. The van der Waals surface area contributed by atoms with Crippen LogP contribution in [-0.2, 0) is 4.79 Å². The Bertz CT molecular complexity index is 414. The highest BCUT2D eigenvalue weighted by molar-refractivity contribution is 5.74. The predicted molar refractivity (Wildman–Crippen MR) is 87.1 cm³/mol. The van der Waals surface area contributed by atoms with Crippen molar-refractivity contribution in [1.82, 2.24) is 0 Å². The minimum atomic E-state index is -1.47. The van der Waals surface area contributed by atoms with Gasteiger partial charge in [0.05, 0.1) is 6.61 Å². The minimum absolute atomic E-state index is 0.368. The molecule has 0 aliphatic heterocycles. The summed E-state index contributed by atoms with van der Waals surface area (Å²) in [6.07, 6.45) is 8.63. The summed E-state index contributed by atoms with van der Waals surface area (Å²) in [6.45, 7) is 2.90. The van der Waals surface area contributed by atoms with E-state index in [2.05, 4.69) is 6.92 Å². The molecule has 1 rings (SSSR count). The van der Waals surface area contributed by atoms with Crippen LogP contribution in [0.5, 0.6) is 5.75 Å². The Morgan fingerprint density at radius 3 is 2.09 bits per heavy atom. The van der Waals surface area contributed by atoms with Crippen molar-refractivity contribution in [3.05, 3.63) is 29.8 Å². The fourth-order valence-electron chi connectivity index (χ4n) is 2.31. The lowest BCUT2D eigenvalue weighted by Gasteiger charge is -2.09. The molecule has 0 radical (unpaired) electrons. The largest absolute Gasteiger partial charge is 0.494 e. The molecule has 22 heavy (non-hydrogen) atoms. The second-order valence-electron chi connectivity index (χ2n) is 5.63. The highest BCUT2D eigenvalue weighted by Gasteiger charge is 2.15. The molecule has 1 atom stereocenters. The number of hydrogen-bond acceptors (Lipinski definition) is 3. The van der Waals surface area contributed by atoms with Crippen LogP contribution in [0.25, 0.3) is 0 Å². The van der Waals surface area contributed by atoms with Gasteiger partial charge in [-0.2, -0.15) is 0 Å². The van der Waals surface area contributed by atoms with E-state index in [-0.39, 0.29) is 0 Å². The number of carboxylic acids is 1. The Morgan fingerprint density at radius 1 is 1.00 bits per heavy atom. The topological polar surface area (TPSA) is 66.8 Å². The maximum Gasteiger partial charge on any atom is 0.337 e. The van der Waals surface area contributed by atoms with E-state index in [1.807, 2.05) is 0 Å². The average Bonchev–Trinajstić information content (AvgIpc) is 2.53. The third-order valence-electron chi connectivity index (χ3n) is 3.70. The molecule has 4 heteroatoms. The first-order valence-corrected chi connectivity index (χ1v) is 8.28. The van der Waals surface area contributed by atoms with Crippen LogP contribution < -0.4 is 4.74 Å². The molecule has 0 saturated carbocycles. The van der Waals surface area contributed by atoms with Gasteiger partial charge in [0.2, 0.25) is 0 Å². The molecule has 0 heterocycles. The van der Waals surface area contributed by atoms with Crippen LogP contribution in [0.15, 0.2) is 24.3 Å². The van der Waals surface area contributed by atoms with Crippen molar-refractivity contribution in [2.45, 2.75) is 64.4 Å². The van der Waals surface area contributed by atoms with Crippen LogP contribution in [0.2, 0.25) is 0 Å². The highest BCUT2D eigenvalue weighted by atomic mass is 16.5. The first-order valence-electron chi connectivity index (χ1n) is 8.28. The number of unbranched alkanes of at least 4 members (excludes halogenated alkanes) is 7. The van der Waals surface area contributed by atoms with Crippen LogP contribution in [0.4, 0.5) is 0 Å². The number of aliphatic hydroxyl groups is 1. The summed E-state index contributed by atoms with van der Waals surface area (Å²) in [5, 5.41) is 18.1. The number of carbonyl (C=O) groups is 1. The lowest BCUT2D eigenvalue weighted by Crippen LogP contribution is -2.10. The van der Waals surface area contributed by atoms with Crippen molar-refractivity contribution in [3.63, 3.8) is 0 Å². The Balaban J connectivity index is 2.11. The Labute approximate surface area is 133 Å². The summed E-state index contributed by atoms with van der Waals surface area (Å²) in [7, 11) is 0. The summed E-state index contributed by atoms with van der Waals surface area (Å²) < 4.78 is 5.62. The van der Waals surface area contributed by atoms with E-state index in [9.17, 15) is 9.90 Å². The van der Waals surface area contributed by atoms with Crippen LogP contribution in [0, 0.1) is 0 Å². The van der Waals surface area contributed by atoms with E-state index in [0.29, 0.717) is 17.9 Å². The van der Waals surface area contributed by atoms with Gasteiger partial charge in [0.1, 0.15) is 5.75 Å². The Hall–Kier alpha value is -1.55. The molecule has 124 valence electrons. The zero-order valence-electron chi connectivity index (χ0n) is 13.5. The van der Waals surface area contributed by atoms with Crippen molar-refractivity contribution >= 4 is 5.97 Å². The number of hydrogen-bond donors (Lipinski definition) is 2. The van der Waals surface area contributed by atoms with Gasteiger partial charge in [-0.05, 0) is 24.1 Å². The third-order valence-corrected chi connectivity index (χ3v) is 3.70. The minimum Gasteiger partial charge on any atom is -0.494 e. The van der Waals surface area contributed by atoms with Crippen molar-refractivity contribution in [2.24, 2.45) is 0 Å². The molecule has 4 nitrogen and oxygen atoms in total. The normalized spacial score (nSPS) is 12.1. The summed E-state index contributed by atoms with van der Waals surface area (Å²) >= 11 is 0. The lowest BCUT2D eigenvalue weighted by atomic mass is 10.1. The van der Waals surface area contributed by atoms with E-state index in [0.717, 1.165) is 6.42 Å². The van der Waals surface area contributed by atoms with Crippen molar-refractivity contribution < 1.29 is 19.7 Å². The lowest BCUT2D eigenvalue weighted by molar-refractivity contribution is -0.146. The number of ether oxygens (including phenoxy) is 1. The van der Waals surface area contributed by atoms with E-state index in [4.69, 9.17) is 9.84 Å². The molecule has 0 aliphatic carbocycles. The van der Waals surface area contributed by atoms with E-state index >= 15 is 0 Å². The summed E-state index contributed by atoms with van der Waals surface area (Å²) in [4.78, 5) is 10.7. The van der Waals surface area contributed by atoms with Gasteiger partial charge in [-0.25, -0.2) is 4.79 Å². The fraction of sp³-hybridized carbons (Fsp3) is 0.611. The smallest absolute Gasteiger partial charge is 0.337 e. The van der Waals surface area contributed by atoms with Crippen LogP contribution in [0.3, 0.4) is 0 Å². The molecule has 0 spiro atoms. The summed E-state index contributed by atoms with van der Waals surface area (Å²) in [6, 6.07) is 6.57. The molecule has 0 unspecified atom stereocenters. The van der Waals surface area contributed by atoms with Crippen LogP contribution in [0.1, 0.15) is 70.0 Å². The van der Waals surface area contributed by atoms with Crippen molar-refractivity contribution in [3.8, 4) is 5.75 Å². The molecule has 0 saturated heterocycles.